The van der Waals surface area contributed by atoms with Gasteiger partial charge in [-0.05, 0) is 24.7 Å². The van der Waals surface area contributed by atoms with Gasteiger partial charge in [0.05, 0.1) is 12.3 Å². The first-order valence-electron chi connectivity index (χ1n) is 7.50. The lowest BCUT2D eigenvalue weighted by Crippen LogP contribution is -2.41. The highest BCUT2D eigenvalue weighted by atomic mass is 32.1. The van der Waals surface area contributed by atoms with Crippen LogP contribution >= 0.6 is 11.3 Å². The molecule has 0 saturated carbocycles. The van der Waals surface area contributed by atoms with Gasteiger partial charge in [0.1, 0.15) is 0 Å². The molecule has 1 N–H and O–H groups in total. The molecule has 21 heavy (non-hydrogen) atoms. The smallest absolute Gasteiger partial charge is 0.193 e. The molecule has 0 unspecified atom stereocenters. The van der Waals surface area contributed by atoms with E-state index in [4.69, 9.17) is 14.5 Å². The summed E-state index contributed by atoms with van der Waals surface area (Å²) in [5.41, 5.74) is 1.45. The summed E-state index contributed by atoms with van der Waals surface area (Å²) in [7, 11) is 1.74. The second kappa shape index (κ2) is 6.87. The maximum absolute atomic E-state index is 5.56. The van der Waals surface area contributed by atoms with E-state index in [-0.39, 0.29) is 5.41 Å². The number of fused-ring (bicyclic) bond motifs is 1. The number of rotatable bonds is 7. The molecule has 0 amide bonds. The molecule has 1 saturated heterocycles. The number of hydrogen-bond donors (Lipinski definition) is 1. The Hall–Kier alpha value is -0.950. The van der Waals surface area contributed by atoms with Crippen molar-refractivity contribution in [2.75, 3.05) is 40.0 Å². The topological polar surface area (TPSA) is 47.8 Å². The van der Waals surface area contributed by atoms with E-state index in [1.807, 2.05) is 0 Å². The molecule has 0 bridgehead atoms. The van der Waals surface area contributed by atoms with Crippen molar-refractivity contribution >= 4 is 16.3 Å². The normalized spacial score (nSPS) is 18.3. The van der Waals surface area contributed by atoms with Crippen molar-refractivity contribution in [1.82, 2.24) is 14.7 Å². The van der Waals surface area contributed by atoms with Crippen LogP contribution in [0.5, 0.6) is 0 Å². The molecule has 1 aliphatic heterocycles. The molecule has 0 spiro atoms. The Balaban J connectivity index is 1.67. The van der Waals surface area contributed by atoms with Crippen LogP contribution in [-0.2, 0) is 15.9 Å². The van der Waals surface area contributed by atoms with Gasteiger partial charge in [0.15, 0.2) is 4.96 Å². The minimum atomic E-state index is 0.260. The van der Waals surface area contributed by atoms with Crippen molar-refractivity contribution in [2.45, 2.75) is 19.3 Å². The Kier molecular flexibility index (Phi) is 4.90. The van der Waals surface area contributed by atoms with E-state index < -0.39 is 0 Å². The van der Waals surface area contributed by atoms with Gasteiger partial charge in [0.25, 0.3) is 0 Å². The molecule has 1 fully saturated rings. The van der Waals surface area contributed by atoms with Crippen LogP contribution in [0.3, 0.4) is 0 Å². The summed E-state index contributed by atoms with van der Waals surface area (Å²) in [6.07, 6.45) is 7.45. The fourth-order valence-electron chi connectivity index (χ4n) is 2.99. The van der Waals surface area contributed by atoms with E-state index in [1.54, 1.807) is 18.4 Å². The summed E-state index contributed by atoms with van der Waals surface area (Å²) in [6, 6.07) is 0. The second-order valence-corrected chi connectivity index (χ2v) is 6.66. The fraction of sp³-hybridized carbons (Fsp3) is 0.667. The first kappa shape index (κ1) is 15.0. The van der Waals surface area contributed by atoms with Crippen LogP contribution in [0.25, 0.3) is 4.96 Å². The van der Waals surface area contributed by atoms with Crippen LogP contribution in [0.1, 0.15) is 18.5 Å². The molecule has 5 nitrogen and oxygen atoms in total. The number of methoxy groups -OCH3 is 1. The highest BCUT2D eigenvalue weighted by molar-refractivity contribution is 7.15. The summed E-state index contributed by atoms with van der Waals surface area (Å²) in [4.78, 5) is 5.83. The van der Waals surface area contributed by atoms with Crippen LogP contribution in [-0.4, -0.2) is 49.4 Å². The predicted octanol–water partition coefficient (Wildman–Crippen LogP) is 1.97. The SMILES string of the molecule is COCCNCC1(Cc2cn3ccsc3n2)CCOCC1. The molecule has 1 aliphatic rings. The number of nitrogens with one attached hydrogen (secondary N) is 1. The van der Waals surface area contributed by atoms with Gasteiger partial charge in [-0.1, -0.05) is 0 Å². The Bertz CT molecular complexity index is 532. The molecular formula is C15H23N3O2S. The van der Waals surface area contributed by atoms with Crippen molar-refractivity contribution in [3.63, 3.8) is 0 Å². The van der Waals surface area contributed by atoms with Gasteiger partial charge >= 0.3 is 0 Å². The van der Waals surface area contributed by atoms with Crippen LogP contribution in [0.4, 0.5) is 0 Å². The first-order valence-corrected chi connectivity index (χ1v) is 8.38. The van der Waals surface area contributed by atoms with E-state index in [0.29, 0.717) is 0 Å². The molecule has 0 atom stereocenters. The summed E-state index contributed by atoms with van der Waals surface area (Å²) >= 11 is 1.69. The molecule has 2 aromatic heterocycles. The number of imidazole rings is 1. The molecule has 0 aliphatic carbocycles. The Morgan fingerprint density at radius 1 is 1.48 bits per heavy atom. The van der Waals surface area contributed by atoms with E-state index in [9.17, 15) is 0 Å². The van der Waals surface area contributed by atoms with Crippen LogP contribution in [0.15, 0.2) is 17.8 Å². The van der Waals surface area contributed by atoms with E-state index >= 15 is 0 Å². The summed E-state index contributed by atoms with van der Waals surface area (Å²) in [6.45, 7) is 4.37. The summed E-state index contributed by atoms with van der Waals surface area (Å²) in [5.74, 6) is 0. The zero-order valence-electron chi connectivity index (χ0n) is 12.5. The van der Waals surface area contributed by atoms with E-state index in [0.717, 1.165) is 57.1 Å². The monoisotopic (exact) mass is 309 g/mol. The third-order valence-corrected chi connectivity index (χ3v) is 5.01. The minimum Gasteiger partial charge on any atom is -0.383 e. The lowest BCUT2D eigenvalue weighted by molar-refractivity contribution is 0.0139. The average molecular weight is 309 g/mol. The third kappa shape index (κ3) is 3.63. The van der Waals surface area contributed by atoms with Crippen LogP contribution < -0.4 is 5.32 Å². The molecule has 2 aromatic rings. The third-order valence-electron chi connectivity index (χ3n) is 4.24. The molecule has 3 rings (SSSR count). The summed E-state index contributed by atoms with van der Waals surface area (Å²) in [5, 5.41) is 5.60. The average Bonchev–Trinajstić information content (AvgIpc) is 3.06. The second-order valence-electron chi connectivity index (χ2n) is 5.78. The molecule has 3 heterocycles. The molecule has 116 valence electrons. The van der Waals surface area contributed by atoms with Crippen LogP contribution in [0.2, 0.25) is 0 Å². The van der Waals surface area contributed by atoms with Crippen molar-refractivity contribution in [3.05, 3.63) is 23.5 Å². The number of hydrogen-bond acceptors (Lipinski definition) is 5. The molecule has 6 heteroatoms. The highest BCUT2D eigenvalue weighted by Gasteiger charge is 2.33. The highest BCUT2D eigenvalue weighted by Crippen LogP contribution is 2.33. The fourth-order valence-corrected chi connectivity index (χ4v) is 3.71. The van der Waals surface area contributed by atoms with Gasteiger partial charge in [0, 0.05) is 51.2 Å². The predicted molar refractivity (Wildman–Crippen MR) is 84.0 cm³/mol. The maximum Gasteiger partial charge on any atom is 0.193 e. The standard InChI is InChI=1S/C15H23N3O2S/c1-19-8-4-16-12-15(2-6-20-7-3-15)10-13-11-18-5-9-21-14(18)17-13/h5,9,11,16H,2-4,6-8,10,12H2,1H3. The van der Waals surface area contributed by atoms with Crippen molar-refractivity contribution < 1.29 is 9.47 Å². The van der Waals surface area contributed by atoms with E-state index in [1.165, 1.54) is 5.69 Å². The number of aromatic nitrogens is 2. The van der Waals surface area contributed by atoms with Crippen molar-refractivity contribution in [3.8, 4) is 0 Å². The van der Waals surface area contributed by atoms with Gasteiger partial charge in [-0.25, -0.2) is 4.98 Å². The van der Waals surface area contributed by atoms with Crippen LogP contribution in [0, 0.1) is 5.41 Å². The zero-order valence-corrected chi connectivity index (χ0v) is 13.3. The van der Waals surface area contributed by atoms with E-state index in [2.05, 4.69) is 27.5 Å². The minimum absolute atomic E-state index is 0.260. The Morgan fingerprint density at radius 2 is 2.33 bits per heavy atom. The molecular weight excluding hydrogens is 286 g/mol. The van der Waals surface area contributed by atoms with Crippen molar-refractivity contribution in [2.24, 2.45) is 5.41 Å². The van der Waals surface area contributed by atoms with Crippen molar-refractivity contribution in [1.29, 1.82) is 0 Å². The Morgan fingerprint density at radius 3 is 3.10 bits per heavy atom. The molecule has 0 radical (unpaired) electrons. The van der Waals surface area contributed by atoms with Gasteiger partial charge < -0.3 is 14.8 Å². The first-order chi connectivity index (χ1) is 10.3. The Labute approximate surface area is 129 Å². The van der Waals surface area contributed by atoms with Gasteiger partial charge in [0.2, 0.25) is 0 Å². The number of nitrogens with zero attached hydrogens (tertiary/aromatic N) is 2. The zero-order chi connectivity index (χ0) is 14.5. The maximum atomic E-state index is 5.56. The largest absolute Gasteiger partial charge is 0.383 e. The van der Waals surface area contributed by atoms with Gasteiger partial charge in [-0.15, -0.1) is 11.3 Å². The number of thiazole rings is 1. The van der Waals surface area contributed by atoms with Gasteiger partial charge in [-0.2, -0.15) is 0 Å². The number of ether oxygens (including phenoxy) is 2. The van der Waals surface area contributed by atoms with Gasteiger partial charge in [-0.3, -0.25) is 4.40 Å². The quantitative estimate of drug-likeness (QED) is 0.795. The molecule has 0 aromatic carbocycles. The lowest BCUT2D eigenvalue weighted by Gasteiger charge is -2.37. The lowest BCUT2D eigenvalue weighted by atomic mass is 9.76. The summed E-state index contributed by atoms with van der Waals surface area (Å²) < 4.78 is 12.8.